The van der Waals surface area contributed by atoms with Crippen molar-refractivity contribution in [3.63, 3.8) is 0 Å². The third kappa shape index (κ3) is 4.16. The number of carboxylic acids is 1. The van der Waals surface area contributed by atoms with Crippen molar-refractivity contribution in [2.75, 3.05) is 13.6 Å². The summed E-state index contributed by atoms with van der Waals surface area (Å²) in [5.41, 5.74) is 3.12. The van der Waals surface area contributed by atoms with Crippen LogP contribution in [0, 0.1) is 0 Å². The second-order valence-corrected chi connectivity index (χ2v) is 6.64. The third-order valence-electron chi connectivity index (χ3n) is 4.89. The molecule has 0 bridgehead atoms. The summed E-state index contributed by atoms with van der Waals surface area (Å²) < 4.78 is 0. The van der Waals surface area contributed by atoms with Gasteiger partial charge in [0.25, 0.3) is 5.91 Å². The van der Waals surface area contributed by atoms with Gasteiger partial charge in [0, 0.05) is 32.1 Å². The summed E-state index contributed by atoms with van der Waals surface area (Å²) in [4.78, 5) is 37.6. The number of amides is 2. The number of carbonyl (C=O) groups is 3. The van der Waals surface area contributed by atoms with Crippen molar-refractivity contribution in [2.45, 2.75) is 25.3 Å². The van der Waals surface area contributed by atoms with Gasteiger partial charge < -0.3 is 15.3 Å². The lowest BCUT2D eigenvalue weighted by molar-refractivity contribution is -0.141. The molecule has 0 saturated heterocycles. The summed E-state index contributed by atoms with van der Waals surface area (Å²) in [6.07, 6.45) is 0.769. The van der Waals surface area contributed by atoms with Crippen LogP contribution in [0.1, 0.15) is 39.4 Å². The lowest BCUT2D eigenvalue weighted by Gasteiger charge is -2.33. The minimum Gasteiger partial charge on any atom is -0.481 e. The first-order valence-corrected chi connectivity index (χ1v) is 8.89. The van der Waals surface area contributed by atoms with Crippen LogP contribution in [0.4, 0.5) is 0 Å². The van der Waals surface area contributed by atoms with E-state index in [1.807, 2.05) is 30.3 Å². The first kappa shape index (κ1) is 18.6. The average molecular weight is 366 g/mol. The number of aliphatic carboxylic acids is 1. The largest absolute Gasteiger partial charge is 0.481 e. The van der Waals surface area contributed by atoms with E-state index in [0.29, 0.717) is 18.5 Å². The molecule has 0 aromatic heterocycles. The van der Waals surface area contributed by atoms with Crippen molar-refractivity contribution in [1.29, 1.82) is 0 Å². The van der Waals surface area contributed by atoms with Gasteiger partial charge in [-0.05, 0) is 35.2 Å². The molecule has 2 N–H and O–H groups in total. The highest BCUT2D eigenvalue weighted by Crippen LogP contribution is 2.29. The lowest BCUT2D eigenvalue weighted by atomic mass is 9.89. The Hall–Kier alpha value is -3.15. The van der Waals surface area contributed by atoms with Crippen LogP contribution in [0.3, 0.4) is 0 Å². The van der Waals surface area contributed by atoms with Crippen LogP contribution in [0.2, 0.25) is 0 Å². The number of nitrogens with zero attached hydrogens (tertiary/aromatic N) is 1. The lowest BCUT2D eigenvalue weighted by Crippen LogP contribution is -2.40. The van der Waals surface area contributed by atoms with Crippen LogP contribution < -0.4 is 5.32 Å². The second kappa shape index (κ2) is 8.03. The summed E-state index contributed by atoms with van der Waals surface area (Å²) in [6, 6.07) is 14.5. The predicted molar refractivity (Wildman–Crippen MR) is 100 cm³/mol. The zero-order valence-electron chi connectivity index (χ0n) is 15.1. The quantitative estimate of drug-likeness (QED) is 0.849. The molecule has 0 fully saturated rings. The maximum atomic E-state index is 12.7. The Morgan fingerprint density at radius 3 is 2.67 bits per heavy atom. The van der Waals surface area contributed by atoms with E-state index in [4.69, 9.17) is 0 Å². The van der Waals surface area contributed by atoms with E-state index in [2.05, 4.69) is 5.32 Å². The number of aryl methyl sites for hydroxylation is 1. The van der Waals surface area contributed by atoms with Gasteiger partial charge in [0.2, 0.25) is 5.91 Å². The summed E-state index contributed by atoms with van der Waals surface area (Å²) in [7, 11) is 1.57. The van der Waals surface area contributed by atoms with E-state index in [1.165, 1.54) is 0 Å². The average Bonchev–Trinajstić information content (AvgIpc) is 2.70. The number of benzene rings is 2. The Morgan fingerprint density at radius 2 is 1.93 bits per heavy atom. The molecule has 0 aliphatic carbocycles. The number of carboxylic acid groups (broad SMARTS) is 1. The normalized spacial score (nSPS) is 15.7. The van der Waals surface area contributed by atoms with Crippen LogP contribution in [-0.2, 0) is 22.6 Å². The van der Waals surface area contributed by atoms with Crippen LogP contribution in [0.5, 0.6) is 0 Å². The highest BCUT2D eigenvalue weighted by Gasteiger charge is 2.32. The van der Waals surface area contributed by atoms with Crippen LogP contribution in [0.15, 0.2) is 48.5 Å². The molecule has 1 heterocycles. The van der Waals surface area contributed by atoms with Gasteiger partial charge in [-0.15, -0.1) is 0 Å². The molecule has 140 valence electrons. The molecule has 3 rings (SSSR count). The van der Waals surface area contributed by atoms with Gasteiger partial charge in [0.05, 0.1) is 5.92 Å². The third-order valence-corrected chi connectivity index (χ3v) is 4.89. The molecule has 1 unspecified atom stereocenters. The Balaban J connectivity index is 1.68. The first-order chi connectivity index (χ1) is 13.0. The number of nitrogens with one attached hydrogen (secondary N) is 1. The highest BCUT2D eigenvalue weighted by atomic mass is 16.4. The molecule has 1 aliphatic rings. The monoisotopic (exact) mass is 366 g/mol. The standard InChI is InChI=1S/C21H22N2O4/c1-22-20(25)15-7-4-5-14(11-15)9-10-19(24)23-12-16-6-2-3-8-17(16)18(13-23)21(26)27/h2-8,11,18H,9-10,12-13H2,1H3,(H,22,25)(H,26,27). The number of hydrogen-bond donors (Lipinski definition) is 2. The summed E-state index contributed by atoms with van der Waals surface area (Å²) in [5, 5.41) is 12.1. The molecular formula is C21H22N2O4. The molecule has 27 heavy (non-hydrogen) atoms. The van der Waals surface area contributed by atoms with Gasteiger partial charge in [-0.3, -0.25) is 14.4 Å². The van der Waals surface area contributed by atoms with Gasteiger partial charge in [0.15, 0.2) is 0 Å². The second-order valence-electron chi connectivity index (χ2n) is 6.64. The predicted octanol–water partition coefficient (Wildman–Crippen LogP) is 2.19. The molecule has 0 saturated carbocycles. The van der Waals surface area contributed by atoms with E-state index in [9.17, 15) is 19.5 Å². The molecule has 2 aromatic rings. The molecule has 0 radical (unpaired) electrons. The van der Waals surface area contributed by atoms with Crippen LogP contribution in [0.25, 0.3) is 0 Å². The Morgan fingerprint density at radius 1 is 1.15 bits per heavy atom. The molecule has 1 aliphatic heterocycles. The van der Waals surface area contributed by atoms with E-state index >= 15 is 0 Å². The summed E-state index contributed by atoms with van der Waals surface area (Å²) in [6.45, 7) is 0.612. The first-order valence-electron chi connectivity index (χ1n) is 8.89. The molecule has 6 nitrogen and oxygen atoms in total. The fourth-order valence-corrected chi connectivity index (χ4v) is 3.43. The van der Waals surface area contributed by atoms with Crippen molar-refractivity contribution in [1.82, 2.24) is 10.2 Å². The fraction of sp³-hybridized carbons (Fsp3) is 0.286. The molecule has 2 amide bonds. The van der Waals surface area contributed by atoms with E-state index in [-0.39, 0.29) is 24.8 Å². The number of rotatable bonds is 5. The van der Waals surface area contributed by atoms with Crippen LogP contribution >= 0.6 is 0 Å². The SMILES string of the molecule is CNC(=O)c1cccc(CCC(=O)N2Cc3ccccc3C(C(=O)O)C2)c1. The number of fused-ring (bicyclic) bond motifs is 1. The van der Waals surface area contributed by atoms with Crippen LogP contribution in [-0.4, -0.2) is 41.4 Å². The minimum atomic E-state index is -0.918. The molecular weight excluding hydrogens is 344 g/mol. The van der Waals surface area contributed by atoms with Gasteiger partial charge in [0.1, 0.15) is 0 Å². The van der Waals surface area contributed by atoms with Crippen molar-refractivity contribution < 1.29 is 19.5 Å². The van der Waals surface area contributed by atoms with E-state index in [1.54, 1.807) is 30.1 Å². The molecule has 0 spiro atoms. The van der Waals surface area contributed by atoms with E-state index in [0.717, 1.165) is 16.7 Å². The van der Waals surface area contributed by atoms with E-state index < -0.39 is 11.9 Å². The molecule has 6 heteroatoms. The Kier molecular flexibility index (Phi) is 5.54. The maximum absolute atomic E-state index is 12.7. The van der Waals surface area contributed by atoms with Crippen molar-refractivity contribution in [2.24, 2.45) is 0 Å². The van der Waals surface area contributed by atoms with Gasteiger partial charge in [-0.2, -0.15) is 0 Å². The van der Waals surface area contributed by atoms with Gasteiger partial charge in [-0.25, -0.2) is 0 Å². The molecule has 1 atom stereocenters. The minimum absolute atomic E-state index is 0.0823. The Bertz CT molecular complexity index is 878. The highest BCUT2D eigenvalue weighted by molar-refractivity contribution is 5.94. The van der Waals surface area contributed by atoms with Crippen molar-refractivity contribution >= 4 is 17.8 Å². The topological polar surface area (TPSA) is 86.7 Å². The van der Waals surface area contributed by atoms with Crippen molar-refractivity contribution in [3.8, 4) is 0 Å². The number of hydrogen-bond acceptors (Lipinski definition) is 3. The van der Waals surface area contributed by atoms with Gasteiger partial charge in [-0.1, -0.05) is 36.4 Å². The fourth-order valence-electron chi connectivity index (χ4n) is 3.43. The van der Waals surface area contributed by atoms with Crippen molar-refractivity contribution in [3.05, 3.63) is 70.8 Å². The zero-order valence-corrected chi connectivity index (χ0v) is 15.1. The number of carbonyl (C=O) groups excluding carboxylic acids is 2. The van der Waals surface area contributed by atoms with Gasteiger partial charge >= 0.3 is 5.97 Å². The Labute approximate surface area is 157 Å². The smallest absolute Gasteiger partial charge is 0.312 e. The summed E-state index contributed by atoms with van der Waals surface area (Å²) in [5.74, 6) is -1.87. The zero-order chi connectivity index (χ0) is 19.4. The summed E-state index contributed by atoms with van der Waals surface area (Å²) >= 11 is 0. The maximum Gasteiger partial charge on any atom is 0.312 e. The molecule has 2 aromatic carbocycles.